The van der Waals surface area contributed by atoms with Gasteiger partial charge < -0.3 is 24.8 Å². The molecule has 0 aliphatic carbocycles. The molecule has 1 heterocycles. The highest BCUT2D eigenvalue weighted by Crippen LogP contribution is 2.40. The van der Waals surface area contributed by atoms with E-state index in [2.05, 4.69) is 15.6 Å². The topological polar surface area (TPSA) is 81.7 Å². The van der Waals surface area contributed by atoms with Gasteiger partial charge in [-0.05, 0) is 12.1 Å². The minimum Gasteiger partial charge on any atom is -0.493 e. The second-order valence-corrected chi connectivity index (χ2v) is 6.68. The van der Waals surface area contributed by atoms with E-state index in [0.29, 0.717) is 23.1 Å². The van der Waals surface area contributed by atoms with Gasteiger partial charge in [0.05, 0.1) is 33.2 Å². The van der Waals surface area contributed by atoms with Crippen LogP contribution in [-0.2, 0) is 4.79 Å². The van der Waals surface area contributed by atoms with Crippen LogP contribution in [0, 0.1) is 5.41 Å². The SMILES string of the molecule is COc1cc(Nc2ccc(NC(=O)C(C)(C)C)nc2)cc(OC)c1OC. The molecule has 0 spiro atoms. The van der Waals surface area contributed by atoms with Crippen LogP contribution >= 0.6 is 0 Å². The fraction of sp³-hybridized carbons (Fsp3) is 0.368. The third kappa shape index (κ3) is 4.56. The Bertz CT molecular complexity index is 742. The van der Waals surface area contributed by atoms with Crippen LogP contribution in [0.15, 0.2) is 30.5 Å². The average Bonchev–Trinajstić information content (AvgIpc) is 2.61. The molecule has 1 aromatic carbocycles. The minimum absolute atomic E-state index is 0.0877. The van der Waals surface area contributed by atoms with E-state index in [1.807, 2.05) is 26.8 Å². The number of pyridine rings is 1. The molecule has 0 radical (unpaired) electrons. The number of nitrogens with one attached hydrogen (secondary N) is 2. The first-order valence-corrected chi connectivity index (χ1v) is 8.13. The van der Waals surface area contributed by atoms with Crippen LogP contribution in [-0.4, -0.2) is 32.2 Å². The van der Waals surface area contributed by atoms with Gasteiger partial charge in [-0.2, -0.15) is 0 Å². The molecular formula is C19H25N3O4. The van der Waals surface area contributed by atoms with Crippen LogP contribution in [0.3, 0.4) is 0 Å². The summed E-state index contributed by atoms with van der Waals surface area (Å²) in [6.45, 7) is 5.55. The van der Waals surface area contributed by atoms with Crippen LogP contribution in [0.2, 0.25) is 0 Å². The highest BCUT2D eigenvalue weighted by Gasteiger charge is 2.21. The Morgan fingerprint density at radius 2 is 1.58 bits per heavy atom. The molecule has 7 heteroatoms. The van der Waals surface area contributed by atoms with Crippen LogP contribution < -0.4 is 24.8 Å². The Labute approximate surface area is 153 Å². The molecule has 0 aliphatic rings. The van der Waals surface area contributed by atoms with Gasteiger partial charge >= 0.3 is 0 Å². The number of hydrogen-bond donors (Lipinski definition) is 2. The van der Waals surface area contributed by atoms with Crippen molar-refractivity contribution in [2.45, 2.75) is 20.8 Å². The lowest BCUT2D eigenvalue weighted by Gasteiger charge is -2.17. The van der Waals surface area contributed by atoms with Crippen molar-refractivity contribution in [2.75, 3.05) is 32.0 Å². The van der Waals surface area contributed by atoms with Gasteiger partial charge in [-0.15, -0.1) is 0 Å². The summed E-state index contributed by atoms with van der Waals surface area (Å²) in [5.74, 6) is 2.04. The number of carbonyl (C=O) groups is 1. The zero-order chi connectivity index (χ0) is 19.3. The second kappa shape index (κ2) is 7.95. The number of benzene rings is 1. The van der Waals surface area contributed by atoms with Crippen LogP contribution in [0.1, 0.15) is 20.8 Å². The van der Waals surface area contributed by atoms with E-state index in [4.69, 9.17) is 14.2 Å². The summed E-state index contributed by atoms with van der Waals surface area (Å²) < 4.78 is 16.0. The van der Waals surface area contributed by atoms with Crippen LogP contribution in [0.25, 0.3) is 0 Å². The Hall–Kier alpha value is -2.96. The van der Waals surface area contributed by atoms with Crippen molar-refractivity contribution in [3.05, 3.63) is 30.5 Å². The van der Waals surface area contributed by atoms with Crippen molar-refractivity contribution >= 4 is 23.1 Å². The lowest BCUT2D eigenvalue weighted by Crippen LogP contribution is -2.27. The molecule has 0 unspecified atom stereocenters. The van der Waals surface area contributed by atoms with E-state index < -0.39 is 5.41 Å². The lowest BCUT2D eigenvalue weighted by molar-refractivity contribution is -0.123. The monoisotopic (exact) mass is 359 g/mol. The van der Waals surface area contributed by atoms with Crippen molar-refractivity contribution in [3.8, 4) is 17.2 Å². The Morgan fingerprint density at radius 3 is 2.00 bits per heavy atom. The summed E-state index contributed by atoms with van der Waals surface area (Å²) in [6.07, 6.45) is 1.64. The van der Waals surface area contributed by atoms with Gasteiger partial charge in [0.25, 0.3) is 0 Å². The summed E-state index contributed by atoms with van der Waals surface area (Å²) in [7, 11) is 4.69. The normalized spacial score (nSPS) is 10.8. The number of methoxy groups -OCH3 is 3. The fourth-order valence-corrected chi connectivity index (χ4v) is 2.17. The number of amides is 1. The zero-order valence-corrected chi connectivity index (χ0v) is 16.0. The molecule has 0 aliphatic heterocycles. The Balaban J connectivity index is 2.17. The number of aromatic nitrogens is 1. The first-order chi connectivity index (χ1) is 12.3. The van der Waals surface area contributed by atoms with E-state index in [-0.39, 0.29) is 5.91 Å². The highest BCUT2D eigenvalue weighted by atomic mass is 16.5. The molecule has 1 aromatic heterocycles. The molecule has 0 saturated heterocycles. The third-order valence-electron chi connectivity index (χ3n) is 3.64. The molecule has 2 aromatic rings. The molecular weight excluding hydrogens is 334 g/mol. The quantitative estimate of drug-likeness (QED) is 0.816. The standard InChI is InChI=1S/C19H25N3O4/c1-19(2,3)18(23)22-16-8-7-12(11-20-16)21-13-9-14(24-4)17(26-6)15(10-13)25-5/h7-11,21H,1-6H3,(H,20,22,23). The van der Waals surface area contributed by atoms with E-state index in [1.54, 1.807) is 45.7 Å². The maximum atomic E-state index is 12.0. The fourth-order valence-electron chi connectivity index (χ4n) is 2.17. The highest BCUT2D eigenvalue weighted by molar-refractivity contribution is 5.93. The van der Waals surface area contributed by atoms with Crippen molar-refractivity contribution < 1.29 is 19.0 Å². The molecule has 0 fully saturated rings. The molecule has 2 rings (SSSR count). The van der Waals surface area contributed by atoms with Gasteiger partial charge in [-0.1, -0.05) is 20.8 Å². The predicted octanol–water partition coefficient (Wildman–Crippen LogP) is 3.84. The molecule has 26 heavy (non-hydrogen) atoms. The number of rotatable bonds is 6. The van der Waals surface area contributed by atoms with Gasteiger partial charge in [0.2, 0.25) is 11.7 Å². The number of carbonyl (C=O) groups excluding carboxylic acids is 1. The minimum atomic E-state index is -0.477. The van der Waals surface area contributed by atoms with E-state index in [0.717, 1.165) is 11.4 Å². The van der Waals surface area contributed by atoms with Gasteiger partial charge in [-0.3, -0.25) is 4.79 Å². The van der Waals surface area contributed by atoms with Crippen molar-refractivity contribution in [3.63, 3.8) is 0 Å². The first kappa shape index (κ1) is 19.4. The summed E-state index contributed by atoms with van der Waals surface area (Å²) in [4.78, 5) is 16.3. The van der Waals surface area contributed by atoms with Crippen molar-refractivity contribution in [1.29, 1.82) is 0 Å². The Morgan fingerprint density at radius 1 is 0.962 bits per heavy atom. The largest absolute Gasteiger partial charge is 0.493 e. The third-order valence-corrected chi connectivity index (χ3v) is 3.64. The van der Waals surface area contributed by atoms with Gasteiger partial charge in [0, 0.05) is 23.2 Å². The van der Waals surface area contributed by atoms with Crippen molar-refractivity contribution in [2.24, 2.45) is 5.41 Å². The summed E-state index contributed by atoms with van der Waals surface area (Å²) in [6, 6.07) is 7.17. The summed E-state index contributed by atoms with van der Waals surface area (Å²) in [5, 5.41) is 6.01. The van der Waals surface area contributed by atoms with Crippen LogP contribution in [0.4, 0.5) is 17.2 Å². The first-order valence-electron chi connectivity index (χ1n) is 8.13. The average molecular weight is 359 g/mol. The van der Waals surface area contributed by atoms with Gasteiger partial charge in [0.15, 0.2) is 11.5 Å². The van der Waals surface area contributed by atoms with Gasteiger partial charge in [0.1, 0.15) is 5.82 Å². The molecule has 7 nitrogen and oxygen atoms in total. The van der Waals surface area contributed by atoms with Crippen molar-refractivity contribution in [1.82, 2.24) is 4.98 Å². The maximum absolute atomic E-state index is 12.0. The molecule has 2 N–H and O–H groups in total. The second-order valence-electron chi connectivity index (χ2n) is 6.68. The summed E-state index contributed by atoms with van der Waals surface area (Å²) >= 11 is 0. The summed E-state index contributed by atoms with van der Waals surface area (Å²) in [5.41, 5.74) is 1.04. The van der Waals surface area contributed by atoms with Gasteiger partial charge in [-0.25, -0.2) is 4.98 Å². The van der Waals surface area contributed by atoms with E-state index in [9.17, 15) is 4.79 Å². The molecule has 0 saturated carbocycles. The van der Waals surface area contributed by atoms with E-state index in [1.165, 1.54) is 0 Å². The Kier molecular flexibility index (Phi) is 5.92. The van der Waals surface area contributed by atoms with Crippen LogP contribution in [0.5, 0.6) is 17.2 Å². The zero-order valence-electron chi connectivity index (χ0n) is 16.0. The number of anilines is 3. The predicted molar refractivity (Wildman–Crippen MR) is 102 cm³/mol. The number of hydrogen-bond acceptors (Lipinski definition) is 6. The maximum Gasteiger partial charge on any atom is 0.230 e. The molecule has 0 atom stereocenters. The molecule has 0 bridgehead atoms. The lowest BCUT2D eigenvalue weighted by atomic mass is 9.96. The van der Waals surface area contributed by atoms with E-state index >= 15 is 0 Å². The number of ether oxygens (including phenoxy) is 3. The molecule has 1 amide bonds. The number of nitrogens with zero attached hydrogens (tertiary/aromatic N) is 1. The smallest absolute Gasteiger partial charge is 0.230 e. The molecule has 140 valence electrons.